The van der Waals surface area contributed by atoms with Gasteiger partial charge in [-0.05, 0) is 42.5 Å². The molecule has 10 heteroatoms. The summed E-state index contributed by atoms with van der Waals surface area (Å²) in [4.78, 5) is 27.1. The van der Waals surface area contributed by atoms with Gasteiger partial charge in [0.1, 0.15) is 6.61 Å². The molecule has 1 aromatic heterocycles. The van der Waals surface area contributed by atoms with Crippen molar-refractivity contribution in [2.45, 2.75) is 25.8 Å². The lowest BCUT2D eigenvalue weighted by Crippen LogP contribution is -2.26. The van der Waals surface area contributed by atoms with Crippen molar-refractivity contribution in [3.05, 3.63) is 44.7 Å². The number of carbonyl (C=O) groups is 2. The molecule has 1 fully saturated rings. The highest BCUT2D eigenvalue weighted by atomic mass is 35.5. The summed E-state index contributed by atoms with van der Waals surface area (Å²) >= 11 is 19.0. The number of rotatable bonds is 6. The number of halogens is 3. The summed E-state index contributed by atoms with van der Waals surface area (Å²) in [5, 5.41) is 11.9. The molecule has 0 amide bonds. The summed E-state index contributed by atoms with van der Waals surface area (Å²) in [6.45, 7) is 0.490. The zero-order valence-corrected chi connectivity index (χ0v) is 16.8. The lowest BCUT2D eigenvalue weighted by Gasteiger charge is -2.21. The van der Waals surface area contributed by atoms with E-state index in [0.717, 1.165) is 12.8 Å². The lowest BCUT2D eigenvalue weighted by atomic mass is 9.84. The second-order valence-electron chi connectivity index (χ2n) is 6.74. The summed E-state index contributed by atoms with van der Waals surface area (Å²) < 4.78 is 5.65. The van der Waals surface area contributed by atoms with Crippen molar-refractivity contribution in [2.24, 2.45) is 11.8 Å². The number of hydrogen-bond acceptors (Lipinski definition) is 6. The number of fused-ring (bicyclic) bond motifs is 2. The third kappa shape index (κ3) is 3.43. The van der Waals surface area contributed by atoms with Gasteiger partial charge in [0, 0.05) is 16.5 Å². The van der Waals surface area contributed by atoms with Crippen LogP contribution in [0, 0.1) is 11.8 Å². The monoisotopic (exact) mass is 440 g/mol. The number of ether oxygens (including phenoxy) is 1. The first-order valence-corrected chi connectivity index (χ1v) is 9.91. The molecule has 0 aliphatic heterocycles. The van der Waals surface area contributed by atoms with Crippen LogP contribution >= 0.6 is 34.8 Å². The topological polar surface area (TPSA) is 87.0 Å². The summed E-state index contributed by atoms with van der Waals surface area (Å²) in [6, 6.07) is 3.00. The highest BCUT2D eigenvalue weighted by Gasteiger charge is 2.43. The van der Waals surface area contributed by atoms with Crippen LogP contribution in [0.4, 0.5) is 0 Å². The molecule has 1 heterocycles. The van der Waals surface area contributed by atoms with E-state index in [0.29, 0.717) is 18.0 Å². The fourth-order valence-electron chi connectivity index (χ4n) is 3.69. The third-order valence-electron chi connectivity index (χ3n) is 5.10. The van der Waals surface area contributed by atoms with Gasteiger partial charge < -0.3 is 4.74 Å². The Bertz CT molecular complexity index is 975. The van der Waals surface area contributed by atoms with Gasteiger partial charge in [-0.1, -0.05) is 34.8 Å². The largest absolute Gasteiger partial charge is 0.488 e. The minimum Gasteiger partial charge on any atom is -0.488 e. The van der Waals surface area contributed by atoms with Gasteiger partial charge in [-0.3, -0.25) is 9.59 Å². The van der Waals surface area contributed by atoms with Crippen LogP contribution in [0.5, 0.6) is 5.75 Å². The Morgan fingerprint density at radius 1 is 1.21 bits per heavy atom. The molecule has 2 aromatic rings. The Kier molecular flexibility index (Phi) is 5.40. The summed E-state index contributed by atoms with van der Waals surface area (Å²) in [5.41, 5.74) is 0.185. The number of carbonyl (C=O) groups excluding carboxylic acids is 2. The molecule has 4 rings (SSSR count). The first-order valence-electron chi connectivity index (χ1n) is 8.77. The van der Waals surface area contributed by atoms with Gasteiger partial charge in [0.05, 0.1) is 22.2 Å². The van der Waals surface area contributed by atoms with E-state index >= 15 is 0 Å². The number of allylic oxidation sites excluding steroid dienone is 2. The molecule has 146 valence electrons. The fraction of sp³-hybridized carbons (Fsp3) is 0.389. The maximum Gasteiger partial charge on any atom is 0.199 e. The second-order valence-corrected chi connectivity index (χ2v) is 7.93. The summed E-state index contributed by atoms with van der Waals surface area (Å²) in [7, 11) is 0. The molecule has 2 unspecified atom stereocenters. The molecule has 2 aliphatic carbocycles. The molecule has 0 spiro atoms. The van der Waals surface area contributed by atoms with Crippen molar-refractivity contribution in [1.29, 1.82) is 0 Å². The molecular weight excluding hydrogens is 427 g/mol. The third-order valence-corrected chi connectivity index (χ3v) is 6.27. The highest BCUT2D eigenvalue weighted by Crippen LogP contribution is 2.46. The fourth-order valence-corrected chi connectivity index (χ4v) is 4.63. The maximum atomic E-state index is 13.1. The minimum atomic E-state index is -0.490. The zero-order valence-electron chi connectivity index (χ0n) is 14.6. The van der Waals surface area contributed by atoms with Gasteiger partial charge in [0.15, 0.2) is 23.6 Å². The average Bonchev–Trinajstić information content (AvgIpc) is 3.34. The van der Waals surface area contributed by atoms with Crippen molar-refractivity contribution < 1.29 is 14.3 Å². The van der Waals surface area contributed by atoms with E-state index in [9.17, 15) is 9.59 Å². The molecule has 28 heavy (non-hydrogen) atoms. The van der Waals surface area contributed by atoms with Crippen LogP contribution in [0.15, 0.2) is 29.1 Å². The highest BCUT2D eigenvalue weighted by molar-refractivity contribution is 6.44. The van der Waals surface area contributed by atoms with Gasteiger partial charge in [0.25, 0.3) is 0 Å². The average molecular weight is 442 g/mol. The molecule has 1 aromatic carbocycles. The van der Waals surface area contributed by atoms with E-state index in [4.69, 9.17) is 39.5 Å². The number of aromatic nitrogens is 4. The summed E-state index contributed by atoms with van der Waals surface area (Å²) in [5.74, 6) is -0.591. The van der Waals surface area contributed by atoms with Gasteiger partial charge in [-0.15, -0.1) is 10.2 Å². The molecule has 0 N–H and O–H groups in total. The van der Waals surface area contributed by atoms with Crippen molar-refractivity contribution in [3.8, 4) is 5.75 Å². The Balaban J connectivity index is 1.60. The van der Waals surface area contributed by atoms with Crippen LogP contribution in [0.2, 0.25) is 10.0 Å². The van der Waals surface area contributed by atoms with Crippen molar-refractivity contribution in [2.75, 3.05) is 6.61 Å². The van der Waals surface area contributed by atoms with Crippen molar-refractivity contribution in [1.82, 2.24) is 20.2 Å². The molecule has 0 saturated heterocycles. The number of Topliss-reactive ketones (excluding diaryl/α,β-unsaturated/α-hetero) is 2. The quantitative estimate of drug-likeness (QED) is 0.501. The van der Waals surface area contributed by atoms with E-state index in [1.165, 1.54) is 23.3 Å². The van der Waals surface area contributed by atoms with Crippen LogP contribution in [0.3, 0.4) is 0 Å². The lowest BCUT2D eigenvalue weighted by molar-refractivity contribution is -0.119. The SMILES string of the molecule is O=C(C1=C(Cl)C2CCC(C2)C1=O)c1ccc(Cl)c(OCCn2ncnn2)c1Cl. The Labute approximate surface area is 175 Å². The van der Waals surface area contributed by atoms with Gasteiger partial charge in [-0.25, -0.2) is 0 Å². The number of benzene rings is 1. The van der Waals surface area contributed by atoms with E-state index in [1.807, 2.05) is 0 Å². The normalized spacial score (nSPS) is 21.3. The zero-order chi connectivity index (χ0) is 19.8. The van der Waals surface area contributed by atoms with Crippen LogP contribution in [-0.2, 0) is 11.3 Å². The van der Waals surface area contributed by atoms with Gasteiger partial charge >= 0.3 is 0 Å². The maximum absolute atomic E-state index is 13.1. The molecular formula is C18H15Cl3N4O3. The molecule has 2 atom stereocenters. The van der Waals surface area contributed by atoms with E-state index in [-0.39, 0.29) is 51.2 Å². The minimum absolute atomic E-state index is 0.0439. The number of hydrogen-bond donors (Lipinski definition) is 0. The number of nitrogens with zero attached hydrogens (tertiary/aromatic N) is 4. The smallest absolute Gasteiger partial charge is 0.199 e. The van der Waals surface area contributed by atoms with Gasteiger partial charge in [0.2, 0.25) is 0 Å². The predicted octanol–water partition coefficient (Wildman–Crippen LogP) is 3.73. The summed E-state index contributed by atoms with van der Waals surface area (Å²) in [6.07, 6.45) is 3.61. The Hall–Kier alpha value is -1.96. The van der Waals surface area contributed by atoms with Crippen LogP contribution in [-0.4, -0.2) is 38.4 Å². The van der Waals surface area contributed by atoms with E-state index < -0.39 is 5.78 Å². The number of ketones is 2. The van der Waals surface area contributed by atoms with Gasteiger partial charge in [-0.2, -0.15) is 4.80 Å². The van der Waals surface area contributed by atoms with Crippen molar-refractivity contribution in [3.63, 3.8) is 0 Å². The van der Waals surface area contributed by atoms with Crippen LogP contribution in [0.25, 0.3) is 0 Å². The van der Waals surface area contributed by atoms with Crippen LogP contribution < -0.4 is 4.74 Å². The van der Waals surface area contributed by atoms with E-state index in [2.05, 4.69) is 15.4 Å². The number of tetrazole rings is 1. The molecule has 2 aliphatic rings. The molecule has 7 nitrogen and oxygen atoms in total. The Morgan fingerprint density at radius 3 is 2.75 bits per heavy atom. The first-order chi connectivity index (χ1) is 13.5. The molecule has 2 bridgehead atoms. The standard InChI is InChI=1S/C18H15Cl3N4O3/c19-12-4-3-11(15(21)18(12)28-6-5-25-23-8-22-24-25)17(27)13-14(20)9-1-2-10(7-9)16(13)26/h3-4,8-10H,1-2,5-7H2. The predicted molar refractivity (Wildman–Crippen MR) is 103 cm³/mol. The van der Waals surface area contributed by atoms with E-state index in [1.54, 1.807) is 0 Å². The molecule has 0 radical (unpaired) electrons. The second kappa shape index (κ2) is 7.81. The first kappa shape index (κ1) is 19.4. The van der Waals surface area contributed by atoms with Crippen LogP contribution in [0.1, 0.15) is 29.6 Å². The molecule has 1 saturated carbocycles. The van der Waals surface area contributed by atoms with Crippen molar-refractivity contribution >= 4 is 46.4 Å². The Morgan fingerprint density at radius 2 is 2.00 bits per heavy atom.